The molecule has 0 aliphatic rings. The predicted octanol–water partition coefficient (Wildman–Crippen LogP) is 0.735. The number of hydrogen-bond donors (Lipinski definition) is 5. The van der Waals surface area contributed by atoms with Crippen LogP contribution in [0.15, 0.2) is 0 Å². The topological polar surface area (TPSA) is 212 Å². The molecule has 0 rings (SSSR count). The Morgan fingerprint density at radius 2 is 0.636 bits per heavy atom. The molecular weight excluding hydrogens is 749 g/mol. The highest BCUT2D eigenvalue weighted by Crippen LogP contribution is 2.19. The Balaban J connectivity index is -0.000000316. The van der Waals surface area contributed by atoms with Gasteiger partial charge < -0.3 is 82.4 Å². The van der Waals surface area contributed by atoms with Crippen molar-refractivity contribution in [3.8, 4) is 0 Å². The third kappa shape index (κ3) is 65.3. The zero-order valence-corrected chi connectivity index (χ0v) is 33.8. The lowest BCUT2D eigenvalue weighted by molar-refractivity contribution is -0.183. The molecule has 0 spiro atoms. The number of rotatable bonds is 38. The highest BCUT2D eigenvalue weighted by molar-refractivity contribution is 4.71. The maximum Gasteiger partial charge on any atom is 0.411 e. The Labute approximate surface area is 326 Å². The molecule has 0 bridgehead atoms. The van der Waals surface area contributed by atoms with Crippen LogP contribution in [0.5, 0.6) is 0 Å². The normalized spacial score (nSPS) is 11.3. The molecule has 17 nitrogen and oxygen atoms in total. The first-order chi connectivity index (χ1) is 26.6. The second-order valence-corrected chi connectivity index (χ2v) is 11.3. The van der Waals surface area contributed by atoms with Gasteiger partial charge in [-0.2, -0.15) is 13.2 Å². The summed E-state index contributed by atoms with van der Waals surface area (Å²) in [6.45, 7) is 10.6. The number of alkyl halides is 3. The summed E-state index contributed by atoms with van der Waals surface area (Å²) in [5.41, 5.74) is -1.01. The van der Waals surface area contributed by atoms with E-state index in [1.165, 1.54) is 6.92 Å². The maximum absolute atomic E-state index is 11.6. The van der Waals surface area contributed by atoms with Crippen molar-refractivity contribution >= 4 is 0 Å². The van der Waals surface area contributed by atoms with Crippen molar-refractivity contribution in [3.63, 3.8) is 0 Å². The highest BCUT2D eigenvalue weighted by atomic mass is 19.4. The van der Waals surface area contributed by atoms with E-state index < -0.39 is 31.4 Å². The molecule has 338 valence electrons. The molecule has 0 radical (unpaired) electrons. The minimum absolute atomic E-state index is 0.0557. The molecule has 0 heterocycles. The summed E-state index contributed by atoms with van der Waals surface area (Å²) in [6.07, 6.45) is -2.10. The van der Waals surface area contributed by atoms with E-state index in [0.717, 1.165) is 6.42 Å². The van der Waals surface area contributed by atoms with Crippen LogP contribution in [0.2, 0.25) is 0 Å². The molecule has 5 N–H and O–H groups in total. The van der Waals surface area contributed by atoms with Gasteiger partial charge in [-0.15, -0.1) is 0 Å². The molecule has 20 heteroatoms. The fourth-order valence-electron chi connectivity index (χ4n) is 2.93. The van der Waals surface area contributed by atoms with E-state index in [-0.39, 0.29) is 26.4 Å². The van der Waals surface area contributed by atoms with Crippen LogP contribution in [0.3, 0.4) is 0 Å². The number of methoxy groups -OCH3 is 3. The van der Waals surface area contributed by atoms with Gasteiger partial charge in [0.15, 0.2) is 0 Å². The zero-order valence-electron chi connectivity index (χ0n) is 33.8. The molecule has 0 aromatic carbocycles. The fourth-order valence-corrected chi connectivity index (χ4v) is 2.93. The van der Waals surface area contributed by atoms with Gasteiger partial charge in [-0.1, -0.05) is 6.92 Å². The molecule has 0 unspecified atom stereocenters. The van der Waals surface area contributed by atoms with Crippen LogP contribution in [0.25, 0.3) is 0 Å². The minimum atomic E-state index is -4.37. The molecule has 0 amide bonds. The summed E-state index contributed by atoms with van der Waals surface area (Å²) in [7, 11) is 4.94. The minimum Gasteiger partial charge on any atom is -0.396 e. The SMILES string of the molecule is CC(CO)(CO)COCC(F)(F)F.COCCOCCOCCOCCO.COCCOCCOCCOCCOC.OCCCOCCCOCCCO. The van der Waals surface area contributed by atoms with E-state index in [2.05, 4.69) is 4.74 Å². The lowest BCUT2D eigenvalue weighted by atomic mass is 9.95. The molecular formula is C35H75F3O17. The number of aliphatic hydroxyl groups excluding tert-OH is 5. The second-order valence-electron chi connectivity index (χ2n) is 11.3. The summed E-state index contributed by atoms with van der Waals surface area (Å²) in [6, 6.07) is 0. The average molecular weight is 825 g/mol. The van der Waals surface area contributed by atoms with Crippen LogP contribution < -0.4 is 0 Å². The first-order valence-electron chi connectivity index (χ1n) is 18.3. The Morgan fingerprint density at radius 1 is 0.345 bits per heavy atom. The largest absolute Gasteiger partial charge is 0.411 e. The van der Waals surface area contributed by atoms with Crippen molar-refractivity contribution in [2.24, 2.45) is 5.41 Å². The monoisotopic (exact) mass is 824 g/mol. The van der Waals surface area contributed by atoms with E-state index in [0.29, 0.717) is 138 Å². The van der Waals surface area contributed by atoms with E-state index in [9.17, 15) is 13.2 Å². The molecule has 0 saturated heterocycles. The fraction of sp³-hybridized carbons (Fsp3) is 1.00. The third-order valence-corrected chi connectivity index (χ3v) is 5.97. The average Bonchev–Trinajstić information content (AvgIpc) is 3.17. The van der Waals surface area contributed by atoms with Crippen LogP contribution in [-0.2, 0) is 56.8 Å². The van der Waals surface area contributed by atoms with Crippen molar-refractivity contribution in [1.82, 2.24) is 0 Å². The van der Waals surface area contributed by atoms with Gasteiger partial charge >= 0.3 is 6.18 Å². The van der Waals surface area contributed by atoms with Gasteiger partial charge in [-0.05, 0) is 19.3 Å². The van der Waals surface area contributed by atoms with Gasteiger partial charge in [0.05, 0.1) is 126 Å². The Morgan fingerprint density at radius 3 is 0.909 bits per heavy atom. The van der Waals surface area contributed by atoms with Crippen LogP contribution in [0.4, 0.5) is 13.2 Å². The lowest BCUT2D eigenvalue weighted by Crippen LogP contribution is -2.33. The standard InChI is InChI=1S/C10H22O5.C9H20O5.C9H20O4.C7H13F3O3/c1-11-3-5-13-7-9-15-10-8-14-6-4-12-2;1-11-4-5-13-8-9-14-7-6-12-3-2-10;10-4-1-6-12-8-3-9-13-7-2-5-11;1-6(2-11,3-12)4-13-5-7(8,9)10/h3-10H2,1-2H3;10H,2-9H2,1H3;10-11H,1-9H2;11-12H,2-5H2,1H3. The highest BCUT2D eigenvalue weighted by Gasteiger charge is 2.30. The van der Waals surface area contributed by atoms with Gasteiger partial charge in [-0.3, -0.25) is 0 Å². The van der Waals surface area contributed by atoms with Crippen molar-refractivity contribution in [3.05, 3.63) is 0 Å². The van der Waals surface area contributed by atoms with Gasteiger partial charge in [0.2, 0.25) is 0 Å². The molecule has 0 saturated carbocycles. The second kappa shape index (κ2) is 53.1. The first kappa shape index (κ1) is 60.8. The Hall–Kier alpha value is -0.890. The molecule has 0 aromatic rings. The maximum atomic E-state index is 11.6. The first-order valence-corrected chi connectivity index (χ1v) is 18.3. The summed E-state index contributed by atoms with van der Waals surface area (Å²) in [5.74, 6) is 0. The zero-order chi connectivity index (χ0) is 42.0. The number of halogens is 3. The molecule has 0 atom stereocenters. The smallest absolute Gasteiger partial charge is 0.396 e. The van der Waals surface area contributed by atoms with E-state index in [1.807, 2.05) is 0 Å². The summed E-state index contributed by atoms with van der Waals surface area (Å²) >= 11 is 0. The van der Waals surface area contributed by atoms with Crippen LogP contribution in [0.1, 0.15) is 26.2 Å². The van der Waals surface area contributed by atoms with Gasteiger partial charge in [0, 0.05) is 66.4 Å². The van der Waals surface area contributed by atoms with Crippen molar-refractivity contribution in [2.45, 2.75) is 32.4 Å². The van der Waals surface area contributed by atoms with Crippen molar-refractivity contribution in [2.75, 3.05) is 193 Å². The number of hydrogen-bond acceptors (Lipinski definition) is 17. The van der Waals surface area contributed by atoms with Crippen molar-refractivity contribution < 1.29 is 95.5 Å². The lowest BCUT2D eigenvalue weighted by Gasteiger charge is -2.24. The number of ether oxygens (including phenoxy) is 12. The predicted molar refractivity (Wildman–Crippen MR) is 196 cm³/mol. The number of aliphatic hydroxyl groups is 5. The van der Waals surface area contributed by atoms with Crippen molar-refractivity contribution in [1.29, 1.82) is 0 Å². The van der Waals surface area contributed by atoms with E-state index in [1.54, 1.807) is 21.3 Å². The molecule has 0 fully saturated rings. The Bertz CT molecular complexity index is 622. The molecule has 55 heavy (non-hydrogen) atoms. The quantitative estimate of drug-likeness (QED) is 0.0544. The molecule has 0 aromatic heterocycles. The summed E-state index contributed by atoms with van der Waals surface area (Å²) in [5, 5.41) is 42.7. The van der Waals surface area contributed by atoms with E-state index >= 15 is 0 Å². The third-order valence-electron chi connectivity index (χ3n) is 5.97. The van der Waals surface area contributed by atoms with Crippen LogP contribution in [-0.4, -0.2) is 225 Å². The van der Waals surface area contributed by atoms with Gasteiger partial charge in [0.1, 0.15) is 6.61 Å². The van der Waals surface area contributed by atoms with Crippen LogP contribution in [0, 0.1) is 5.41 Å². The summed E-state index contributed by atoms with van der Waals surface area (Å²) in [4.78, 5) is 0. The van der Waals surface area contributed by atoms with Gasteiger partial charge in [-0.25, -0.2) is 0 Å². The summed E-state index contributed by atoms with van der Waals surface area (Å²) < 4.78 is 94.9. The Kier molecular flexibility index (Phi) is 58.7. The molecule has 0 aliphatic heterocycles. The van der Waals surface area contributed by atoms with Crippen LogP contribution >= 0.6 is 0 Å². The molecule has 0 aliphatic carbocycles. The van der Waals surface area contributed by atoms with Gasteiger partial charge in [0.25, 0.3) is 0 Å². The van der Waals surface area contributed by atoms with E-state index in [4.69, 9.17) is 77.6 Å².